The Hall–Kier alpha value is -2.50. The lowest BCUT2D eigenvalue weighted by Crippen LogP contribution is -2.12. The Bertz CT molecular complexity index is 846. The lowest BCUT2D eigenvalue weighted by atomic mass is 10.2. The van der Waals surface area contributed by atoms with Crippen LogP contribution < -0.4 is 15.4 Å². The van der Waals surface area contributed by atoms with E-state index < -0.39 is 0 Å². The first-order valence-electron chi connectivity index (χ1n) is 7.22. The van der Waals surface area contributed by atoms with Gasteiger partial charge < -0.3 is 15.4 Å². The summed E-state index contributed by atoms with van der Waals surface area (Å²) in [5.41, 5.74) is 2.37. The summed E-state index contributed by atoms with van der Waals surface area (Å²) >= 11 is 7.33. The van der Waals surface area contributed by atoms with Crippen molar-refractivity contribution in [2.24, 2.45) is 0 Å². The van der Waals surface area contributed by atoms with E-state index in [-0.39, 0.29) is 5.91 Å². The van der Waals surface area contributed by atoms with Crippen molar-refractivity contribution in [2.45, 2.75) is 0 Å². The number of methoxy groups -OCH3 is 1. The zero-order valence-corrected chi connectivity index (χ0v) is 14.4. The van der Waals surface area contributed by atoms with Crippen LogP contribution >= 0.6 is 22.9 Å². The van der Waals surface area contributed by atoms with Gasteiger partial charge in [-0.3, -0.25) is 4.79 Å². The smallest absolute Gasteiger partial charge is 0.267 e. The molecule has 0 spiro atoms. The molecule has 3 aromatic rings. The number of hydrogen-bond donors (Lipinski definition) is 2. The minimum Gasteiger partial charge on any atom is -0.497 e. The average molecular weight is 359 g/mol. The zero-order chi connectivity index (χ0) is 16.9. The first-order valence-corrected chi connectivity index (χ1v) is 8.47. The van der Waals surface area contributed by atoms with Crippen LogP contribution in [-0.4, -0.2) is 13.0 Å². The largest absolute Gasteiger partial charge is 0.497 e. The predicted octanol–water partition coefficient (Wildman–Crippen LogP) is 5.41. The Balaban J connectivity index is 1.80. The van der Waals surface area contributed by atoms with Crippen molar-refractivity contribution < 1.29 is 9.53 Å². The van der Waals surface area contributed by atoms with Crippen LogP contribution in [0.5, 0.6) is 5.75 Å². The normalized spacial score (nSPS) is 10.2. The highest BCUT2D eigenvalue weighted by molar-refractivity contribution is 7.12. The molecule has 0 aliphatic heterocycles. The monoisotopic (exact) mass is 358 g/mol. The van der Waals surface area contributed by atoms with E-state index in [1.165, 1.54) is 11.3 Å². The van der Waals surface area contributed by atoms with Gasteiger partial charge in [0.05, 0.1) is 23.5 Å². The summed E-state index contributed by atoms with van der Waals surface area (Å²) in [5.74, 6) is 0.563. The maximum absolute atomic E-state index is 12.4. The van der Waals surface area contributed by atoms with Crippen molar-refractivity contribution in [3.8, 4) is 5.75 Å². The van der Waals surface area contributed by atoms with E-state index in [1.807, 2.05) is 48.5 Å². The molecule has 24 heavy (non-hydrogen) atoms. The molecular weight excluding hydrogens is 344 g/mol. The number of benzene rings is 2. The molecule has 3 rings (SSSR count). The van der Waals surface area contributed by atoms with Gasteiger partial charge in [-0.1, -0.05) is 23.7 Å². The van der Waals surface area contributed by atoms with Crippen LogP contribution in [0.15, 0.2) is 60.0 Å². The molecule has 0 aliphatic rings. The molecule has 1 heterocycles. The number of rotatable bonds is 5. The van der Waals surface area contributed by atoms with Crippen molar-refractivity contribution in [3.63, 3.8) is 0 Å². The van der Waals surface area contributed by atoms with Gasteiger partial charge in [-0.25, -0.2) is 0 Å². The van der Waals surface area contributed by atoms with Crippen molar-refractivity contribution >= 4 is 45.9 Å². The number of halogens is 1. The van der Waals surface area contributed by atoms with Crippen LogP contribution in [0, 0.1) is 0 Å². The fourth-order valence-corrected chi connectivity index (χ4v) is 3.20. The summed E-state index contributed by atoms with van der Waals surface area (Å²) < 4.78 is 5.15. The first kappa shape index (κ1) is 16.4. The van der Waals surface area contributed by atoms with Gasteiger partial charge in [-0.05, 0) is 47.8 Å². The summed E-state index contributed by atoms with van der Waals surface area (Å²) in [5, 5.41) is 8.43. The van der Waals surface area contributed by atoms with Crippen molar-refractivity contribution in [2.75, 3.05) is 17.7 Å². The summed E-state index contributed by atoms with van der Waals surface area (Å²) in [6.07, 6.45) is 0. The van der Waals surface area contributed by atoms with Crippen molar-refractivity contribution in [1.82, 2.24) is 0 Å². The number of carbonyl (C=O) groups is 1. The second-order valence-electron chi connectivity index (χ2n) is 4.95. The third-order valence-corrected chi connectivity index (χ3v) is 4.71. The van der Waals surface area contributed by atoms with E-state index in [9.17, 15) is 4.79 Å². The van der Waals surface area contributed by atoms with Gasteiger partial charge in [-0.15, -0.1) is 11.3 Å². The summed E-state index contributed by atoms with van der Waals surface area (Å²) in [6, 6.07) is 16.8. The molecule has 0 atom stereocenters. The standard InChI is InChI=1S/C18H15ClN2O2S/c1-23-13-8-6-12(7-9-13)20-15-4-2-3-5-16(15)21-18(22)17-14(19)10-11-24-17/h2-11,20H,1H3,(H,21,22). The quantitative estimate of drug-likeness (QED) is 0.641. The SMILES string of the molecule is COc1ccc(Nc2ccccc2NC(=O)c2sccc2Cl)cc1. The van der Waals surface area contributed by atoms with Crippen LogP contribution in [0.2, 0.25) is 5.02 Å². The molecule has 4 nitrogen and oxygen atoms in total. The molecule has 6 heteroatoms. The Morgan fingerprint density at radius 1 is 1.04 bits per heavy atom. The van der Waals surface area contributed by atoms with Crippen LogP contribution in [0.3, 0.4) is 0 Å². The number of anilines is 3. The molecular formula is C18H15ClN2O2S. The lowest BCUT2D eigenvalue weighted by Gasteiger charge is -2.13. The summed E-state index contributed by atoms with van der Waals surface area (Å²) in [4.78, 5) is 12.9. The molecule has 0 aliphatic carbocycles. The maximum Gasteiger partial charge on any atom is 0.267 e. The van der Waals surface area contributed by atoms with Crippen molar-refractivity contribution in [3.05, 3.63) is 69.9 Å². The molecule has 0 radical (unpaired) electrons. The average Bonchev–Trinajstić information content (AvgIpc) is 3.03. The second kappa shape index (κ2) is 7.38. The third-order valence-electron chi connectivity index (χ3n) is 3.37. The highest BCUT2D eigenvalue weighted by Crippen LogP contribution is 2.28. The number of hydrogen-bond acceptors (Lipinski definition) is 4. The van der Waals surface area contributed by atoms with E-state index in [4.69, 9.17) is 16.3 Å². The molecule has 2 N–H and O–H groups in total. The van der Waals surface area contributed by atoms with E-state index in [1.54, 1.807) is 18.6 Å². The highest BCUT2D eigenvalue weighted by Gasteiger charge is 2.13. The number of nitrogens with one attached hydrogen (secondary N) is 2. The van der Waals surface area contributed by atoms with Gasteiger partial charge >= 0.3 is 0 Å². The van der Waals surface area contributed by atoms with Crippen LogP contribution in [0.4, 0.5) is 17.1 Å². The van der Waals surface area contributed by atoms with Gasteiger partial charge in [-0.2, -0.15) is 0 Å². The van der Waals surface area contributed by atoms with Crippen LogP contribution in [0.25, 0.3) is 0 Å². The number of thiophene rings is 1. The molecule has 0 fully saturated rings. The number of carbonyl (C=O) groups excluding carboxylic acids is 1. The molecule has 1 amide bonds. The molecule has 2 aromatic carbocycles. The number of para-hydroxylation sites is 2. The zero-order valence-electron chi connectivity index (χ0n) is 12.9. The number of ether oxygens (including phenoxy) is 1. The minimum atomic E-state index is -0.223. The molecule has 0 bridgehead atoms. The lowest BCUT2D eigenvalue weighted by molar-refractivity contribution is 0.103. The van der Waals surface area contributed by atoms with Gasteiger partial charge in [0.2, 0.25) is 0 Å². The summed E-state index contributed by atoms with van der Waals surface area (Å²) in [7, 11) is 1.63. The third kappa shape index (κ3) is 3.69. The topological polar surface area (TPSA) is 50.4 Å². The highest BCUT2D eigenvalue weighted by atomic mass is 35.5. The van der Waals surface area contributed by atoms with Crippen LogP contribution in [0.1, 0.15) is 9.67 Å². The van der Waals surface area contributed by atoms with Gasteiger partial charge in [0.15, 0.2) is 0 Å². The van der Waals surface area contributed by atoms with E-state index in [0.717, 1.165) is 17.1 Å². The van der Waals surface area contributed by atoms with E-state index in [0.29, 0.717) is 15.6 Å². The van der Waals surface area contributed by atoms with E-state index in [2.05, 4.69) is 10.6 Å². The van der Waals surface area contributed by atoms with Gasteiger partial charge in [0.25, 0.3) is 5.91 Å². The van der Waals surface area contributed by atoms with Gasteiger partial charge in [0, 0.05) is 5.69 Å². The molecule has 0 unspecified atom stereocenters. The Morgan fingerprint density at radius 2 is 1.75 bits per heavy atom. The first-order chi connectivity index (χ1) is 11.7. The van der Waals surface area contributed by atoms with E-state index >= 15 is 0 Å². The van der Waals surface area contributed by atoms with Gasteiger partial charge in [0.1, 0.15) is 10.6 Å². The molecule has 0 saturated carbocycles. The Labute approximate surface area is 149 Å². The Morgan fingerprint density at radius 3 is 2.38 bits per heavy atom. The fraction of sp³-hybridized carbons (Fsp3) is 0.0556. The predicted molar refractivity (Wildman–Crippen MR) is 100 cm³/mol. The maximum atomic E-state index is 12.4. The molecule has 0 saturated heterocycles. The fourth-order valence-electron chi connectivity index (χ4n) is 2.17. The summed E-state index contributed by atoms with van der Waals surface area (Å²) in [6.45, 7) is 0. The molecule has 122 valence electrons. The molecule has 1 aromatic heterocycles. The Kier molecular flexibility index (Phi) is 5.03. The van der Waals surface area contributed by atoms with Crippen molar-refractivity contribution in [1.29, 1.82) is 0 Å². The second-order valence-corrected chi connectivity index (χ2v) is 6.27. The van der Waals surface area contributed by atoms with Crippen LogP contribution in [-0.2, 0) is 0 Å². The number of amides is 1. The minimum absolute atomic E-state index is 0.223.